The average molecular weight is 310 g/mol. The maximum absolute atomic E-state index is 5.98. The van der Waals surface area contributed by atoms with Gasteiger partial charge in [-0.25, -0.2) is 0 Å². The highest BCUT2D eigenvalue weighted by Crippen LogP contribution is 2.09. The van der Waals surface area contributed by atoms with Crippen LogP contribution in [0.4, 0.5) is 0 Å². The van der Waals surface area contributed by atoms with Crippen molar-refractivity contribution in [3.63, 3.8) is 0 Å². The molecule has 1 fully saturated rings. The zero-order valence-electron chi connectivity index (χ0n) is 11.8. The second kappa shape index (κ2) is 7.75. The molecular formula is C14H20ClN5O. The highest BCUT2D eigenvalue weighted by Gasteiger charge is 2.12. The van der Waals surface area contributed by atoms with E-state index in [1.54, 1.807) is 0 Å². The maximum Gasteiger partial charge on any atom is 0.198 e. The highest BCUT2D eigenvalue weighted by molar-refractivity contribution is 6.30. The molecule has 0 amide bonds. The maximum atomic E-state index is 5.98. The summed E-state index contributed by atoms with van der Waals surface area (Å²) in [6.45, 7) is 3.40. The molecule has 0 unspecified atom stereocenters. The van der Waals surface area contributed by atoms with Crippen molar-refractivity contribution < 1.29 is 4.74 Å². The third-order valence-electron chi connectivity index (χ3n) is 3.11. The molecule has 1 aliphatic rings. The monoisotopic (exact) mass is 309 g/mol. The number of aliphatic imine (C=N–C) groups is 1. The summed E-state index contributed by atoms with van der Waals surface area (Å²) in [5, 5.41) is 3.85. The van der Waals surface area contributed by atoms with Gasteiger partial charge < -0.3 is 26.4 Å². The number of nitrogens with zero attached hydrogens (tertiary/aromatic N) is 2. The molecule has 0 aliphatic carbocycles. The predicted octanol–water partition coefficient (Wildman–Crippen LogP) is 0.834. The Labute approximate surface area is 129 Å². The lowest BCUT2D eigenvalue weighted by molar-refractivity contribution is 0.0675. The molecule has 1 aromatic carbocycles. The number of benzene rings is 1. The van der Waals surface area contributed by atoms with Crippen LogP contribution in [-0.4, -0.2) is 37.2 Å². The van der Waals surface area contributed by atoms with E-state index in [1.807, 2.05) is 29.2 Å². The Hall–Kier alpha value is -1.92. The molecule has 7 heteroatoms. The van der Waals surface area contributed by atoms with Crippen LogP contribution in [0.15, 0.2) is 41.3 Å². The molecule has 0 atom stereocenters. The van der Waals surface area contributed by atoms with Crippen molar-refractivity contribution in [1.82, 2.24) is 10.2 Å². The molecule has 1 heterocycles. The Bertz CT molecular complexity index is 509. The molecule has 0 aromatic heterocycles. The molecule has 0 radical (unpaired) electrons. The topological polar surface area (TPSA) is 88.9 Å². The number of nitrogens with one attached hydrogen (secondary N) is 1. The molecule has 114 valence electrons. The third kappa shape index (κ3) is 4.84. The van der Waals surface area contributed by atoms with Gasteiger partial charge in [0, 0.05) is 30.9 Å². The van der Waals surface area contributed by atoms with E-state index in [0.29, 0.717) is 36.6 Å². The van der Waals surface area contributed by atoms with Crippen molar-refractivity contribution in [2.45, 2.75) is 6.54 Å². The Morgan fingerprint density at radius 2 is 2.00 bits per heavy atom. The standard InChI is InChI=1S/C14H20ClN5O/c15-12-3-1-11(2-4-12)10-18-13(9-16)19-14(17)20-5-7-21-8-6-20/h1-4,9,18H,5-8,10,16H2,(H2,17,19)/b13-9-. The number of rotatable bonds is 4. The number of nitrogens with two attached hydrogens (primary N) is 2. The number of guanidine groups is 1. The first-order valence-corrected chi connectivity index (χ1v) is 7.14. The van der Waals surface area contributed by atoms with Crippen LogP contribution in [0, 0.1) is 0 Å². The Morgan fingerprint density at radius 1 is 1.33 bits per heavy atom. The number of morpholine rings is 1. The van der Waals surface area contributed by atoms with Crippen molar-refractivity contribution in [2.24, 2.45) is 16.5 Å². The molecular weight excluding hydrogens is 290 g/mol. The van der Waals surface area contributed by atoms with Crippen LogP contribution in [0.3, 0.4) is 0 Å². The fourth-order valence-corrected chi connectivity index (χ4v) is 2.04. The Balaban J connectivity index is 1.91. The van der Waals surface area contributed by atoms with Gasteiger partial charge in [0.25, 0.3) is 0 Å². The van der Waals surface area contributed by atoms with Gasteiger partial charge in [0.1, 0.15) is 5.82 Å². The van der Waals surface area contributed by atoms with Crippen molar-refractivity contribution in [3.8, 4) is 0 Å². The average Bonchev–Trinajstić information content (AvgIpc) is 2.53. The van der Waals surface area contributed by atoms with Crippen LogP contribution >= 0.6 is 11.6 Å². The number of hydrogen-bond acceptors (Lipinski definition) is 4. The van der Waals surface area contributed by atoms with Crippen LogP contribution in [-0.2, 0) is 11.3 Å². The summed E-state index contributed by atoms with van der Waals surface area (Å²) in [5.41, 5.74) is 12.6. The zero-order chi connectivity index (χ0) is 15.1. The van der Waals surface area contributed by atoms with Crippen LogP contribution in [0.2, 0.25) is 5.02 Å². The molecule has 1 aliphatic heterocycles. The molecule has 0 spiro atoms. The quantitative estimate of drug-likeness (QED) is 0.566. The van der Waals surface area contributed by atoms with Crippen LogP contribution in [0.25, 0.3) is 0 Å². The molecule has 2 rings (SSSR count). The summed E-state index contributed by atoms with van der Waals surface area (Å²) in [6, 6.07) is 7.57. The van der Waals surface area contributed by atoms with E-state index >= 15 is 0 Å². The number of halogens is 1. The van der Waals surface area contributed by atoms with E-state index in [-0.39, 0.29) is 0 Å². The first-order chi connectivity index (χ1) is 10.2. The van der Waals surface area contributed by atoms with Crippen LogP contribution < -0.4 is 16.8 Å². The third-order valence-corrected chi connectivity index (χ3v) is 3.37. The van der Waals surface area contributed by atoms with Crippen molar-refractivity contribution in [1.29, 1.82) is 0 Å². The van der Waals surface area contributed by atoms with E-state index in [2.05, 4.69) is 10.3 Å². The number of ether oxygens (including phenoxy) is 1. The fraction of sp³-hybridized carbons (Fsp3) is 0.357. The fourth-order valence-electron chi connectivity index (χ4n) is 1.92. The van der Waals surface area contributed by atoms with Crippen molar-refractivity contribution in [3.05, 3.63) is 46.9 Å². The van der Waals surface area contributed by atoms with Gasteiger partial charge in [-0.1, -0.05) is 23.7 Å². The smallest absolute Gasteiger partial charge is 0.198 e. The van der Waals surface area contributed by atoms with Crippen molar-refractivity contribution in [2.75, 3.05) is 26.3 Å². The molecule has 1 saturated heterocycles. The Kier molecular flexibility index (Phi) is 5.71. The van der Waals surface area contributed by atoms with E-state index < -0.39 is 0 Å². The minimum Gasteiger partial charge on any atom is -0.402 e. The second-order valence-corrected chi connectivity index (χ2v) is 5.04. The van der Waals surface area contributed by atoms with E-state index in [0.717, 1.165) is 18.7 Å². The minimum atomic E-state index is 0.443. The SMILES string of the molecule is N/C=C(\N=C(N)N1CCOCC1)NCc1ccc(Cl)cc1. The van der Waals surface area contributed by atoms with E-state index in [9.17, 15) is 0 Å². The van der Waals surface area contributed by atoms with Gasteiger partial charge in [0.15, 0.2) is 5.96 Å². The second-order valence-electron chi connectivity index (χ2n) is 4.60. The molecule has 0 saturated carbocycles. The van der Waals surface area contributed by atoms with Gasteiger partial charge in [0.05, 0.1) is 13.2 Å². The molecule has 5 N–H and O–H groups in total. The van der Waals surface area contributed by atoms with Gasteiger partial charge >= 0.3 is 0 Å². The predicted molar refractivity (Wildman–Crippen MR) is 84.6 cm³/mol. The lowest BCUT2D eigenvalue weighted by atomic mass is 10.2. The summed E-state index contributed by atoms with van der Waals surface area (Å²) in [6.07, 6.45) is 1.41. The van der Waals surface area contributed by atoms with Gasteiger partial charge in [-0.05, 0) is 17.7 Å². The van der Waals surface area contributed by atoms with Crippen LogP contribution in [0.1, 0.15) is 5.56 Å². The Morgan fingerprint density at radius 3 is 2.62 bits per heavy atom. The zero-order valence-corrected chi connectivity index (χ0v) is 12.5. The summed E-state index contributed by atoms with van der Waals surface area (Å²) >= 11 is 5.85. The van der Waals surface area contributed by atoms with E-state index in [4.69, 9.17) is 27.8 Å². The highest BCUT2D eigenvalue weighted by atomic mass is 35.5. The number of hydrogen-bond donors (Lipinski definition) is 3. The van der Waals surface area contributed by atoms with Crippen molar-refractivity contribution >= 4 is 17.6 Å². The van der Waals surface area contributed by atoms with Crippen LogP contribution in [0.5, 0.6) is 0 Å². The largest absolute Gasteiger partial charge is 0.402 e. The van der Waals surface area contributed by atoms with E-state index in [1.165, 1.54) is 6.20 Å². The first-order valence-electron chi connectivity index (χ1n) is 6.76. The van der Waals surface area contributed by atoms with Gasteiger partial charge in [-0.15, -0.1) is 0 Å². The minimum absolute atomic E-state index is 0.443. The summed E-state index contributed by atoms with van der Waals surface area (Å²) < 4.78 is 5.28. The molecule has 21 heavy (non-hydrogen) atoms. The molecule has 0 bridgehead atoms. The summed E-state index contributed by atoms with van der Waals surface area (Å²) in [4.78, 5) is 6.28. The first kappa shape index (κ1) is 15.5. The van der Waals surface area contributed by atoms with Gasteiger partial charge in [-0.2, -0.15) is 4.99 Å². The molecule has 6 nitrogen and oxygen atoms in total. The molecule has 1 aromatic rings. The van der Waals surface area contributed by atoms with Gasteiger partial charge in [-0.3, -0.25) is 0 Å². The van der Waals surface area contributed by atoms with Gasteiger partial charge in [0.2, 0.25) is 0 Å². The lowest BCUT2D eigenvalue weighted by Crippen LogP contribution is -2.45. The summed E-state index contributed by atoms with van der Waals surface area (Å²) in [5.74, 6) is 0.979. The lowest BCUT2D eigenvalue weighted by Gasteiger charge is -2.27. The normalized spacial score (nSPS) is 16.9. The summed E-state index contributed by atoms with van der Waals surface area (Å²) in [7, 11) is 0.